The minimum atomic E-state index is -0.822. The van der Waals surface area contributed by atoms with E-state index in [2.05, 4.69) is 20.5 Å². The predicted octanol–water partition coefficient (Wildman–Crippen LogP) is 3.46. The predicted molar refractivity (Wildman–Crippen MR) is 104 cm³/mol. The molecule has 2 aromatic carbocycles. The van der Waals surface area contributed by atoms with Crippen molar-refractivity contribution in [1.29, 1.82) is 5.26 Å². The number of aromatic amines is 1. The summed E-state index contributed by atoms with van der Waals surface area (Å²) in [6, 6.07) is 12.1. The van der Waals surface area contributed by atoms with Gasteiger partial charge in [-0.25, -0.2) is 14.8 Å². The minimum Gasteiger partial charge on any atom is -0.290 e. The first-order valence-corrected chi connectivity index (χ1v) is 8.31. The number of H-pyrrole nitrogens is 1. The second-order valence-corrected chi connectivity index (χ2v) is 5.98. The first kappa shape index (κ1) is 19.7. The lowest BCUT2D eigenvalue weighted by molar-refractivity contribution is -0.384. The summed E-state index contributed by atoms with van der Waals surface area (Å²) in [7, 11) is 0. The Morgan fingerprint density at radius 3 is 2.72 bits per heavy atom. The molecule has 144 valence electrons. The lowest BCUT2D eigenvalue weighted by Gasteiger charge is -2.06. The fourth-order valence-electron chi connectivity index (χ4n) is 2.39. The summed E-state index contributed by atoms with van der Waals surface area (Å²) in [6.07, 6.45) is 0.971. The summed E-state index contributed by atoms with van der Waals surface area (Å²) < 4.78 is 13.9. The van der Waals surface area contributed by atoms with E-state index in [1.54, 1.807) is 36.4 Å². The third kappa shape index (κ3) is 4.26. The lowest BCUT2D eigenvalue weighted by Crippen LogP contribution is -2.16. The van der Waals surface area contributed by atoms with E-state index in [1.807, 2.05) is 0 Å². The number of nitro groups is 1. The maximum Gasteiger partial charge on any atom is 0.288 e. The molecule has 1 aromatic heterocycles. The number of rotatable bonds is 5. The summed E-state index contributed by atoms with van der Waals surface area (Å²) in [4.78, 5) is 28.8. The van der Waals surface area contributed by atoms with Crippen LogP contribution in [0.2, 0.25) is 5.02 Å². The third-order valence-electron chi connectivity index (χ3n) is 3.72. The number of hydrogen-bond acceptors (Lipinski definition) is 7. The van der Waals surface area contributed by atoms with E-state index in [0.29, 0.717) is 5.56 Å². The lowest BCUT2D eigenvalue weighted by atomic mass is 10.1. The van der Waals surface area contributed by atoms with Gasteiger partial charge in [-0.1, -0.05) is 41.9 Å². The van der Waals surface area contributed by atoms with Gasteiger partial charge in [0.25, 0.3) is 11.2 Å². The smallest absolute Gasteiger partial charge is 0.288 e. The number of hydrazone groups is 1. The Labute approximate surface area is 167 Å². The molecular formula is C18H10ClFN6O3. The Hall–Kier alpha value is -4.10. The van der Waals surface area contributed by atoms with Crippen LogP contribution in [0.5, 0.6) is 0 Å². The summed E-state index contributed by atoms with van der Waals surface area (Å²) in [5.74, 6) is -0.926. The van der Waals surface area contributed by atoms with Crippen LogP contribution in [0, 0.1) is 27.3 Å². The monoisotopic (exact) mass is 412 g/mol. The molecule has 0 aliphatic heterocycles. The molecule has 0 radical (unpaired) electrons. The highest BCUT2D eigenvalue weighted by atomic mass is 35.5. The molecule has 0 bridgehead atoms. The number of anilines is 1. The Morgan fingerprint density at radius 2 is 2.07 bits per heavy atom. The van der Waals surface area contributed by atoms with Crippen molar-refractivity contribution < 1.29 is 9.31 Å². The van der Waals surface area contributed by atoms with Crippen molar-refractivity contribution in [2.24, 2.45) is 5.10 Å². The Morgan fingerprint density at radius 1 is 1.34 bits per heavy atom. The molecule has 0 saturated heterocycles. The fourth-order valence-corrected chi connectivity index (χ4v) is 2.61. The molecule has 0 unspecified atom stereocenters. The highest BCUT2D eigenvalue weighted by Gasteiger charge is 2.16. The quantitative estimate of drug-likeness (QED) is 0.374. The zero-order valence-electron chi connectivity index (χ0n) is 14.4. The molecule has 0 aliphatic rings. The molecule has 0 fully saturated rings. The number of halogens is 2. The van der Waals surface area contributed by atoms with Gasteiger partial charge in [0.05, 0.1) is 16.8 Å². The van der Waals surface area contributed by atoms with E-state index in [4.69, 9.17) is 11.6 Å². The first-order valence-electron chi connectivity index (χ1n) is 7.93. The van der Waals surface area contributed by atoms with Gasteiger partial charge in [0.1, 0.15) is 22.5 Å². The Kier molecular flexibility index (Phi) is 5.61. The summed E-state index contributed by atoms with van der Waals surface area (Å²) in [5.41, 5.74) is 1.55. The molecule has 0 spiro atoms. The van der Waals surface area contributed by atoms with Crippen LogP contribution in [0.15, 0.2) is 52.4 Å². The van der Waals surface area contributed by atoms with Crippen LogP contribution >= 0.6 is 11.6 Å². The average Bonchev–Trinajstić information content (AvgIpc) is 2.69. The average molecular weight is 413 g/mol. The number of nitrogens with zero attached hydrogens (tertiary/aromatic N) is 4. The highest BCUT2D eigenvalue weighted by Crippen LogP contribution is 2.26. The standard InChI is InChI=1S/C18H10ClFN6O3/c19-13-7-14(20)11(6-15(13)26(28)29)9-22-25-18-23-16(10-4-2-1-3-5-10)12(8-21)17(27)24-18/h1-7,9H,(H2,23,24,25,27). The molecule has 3 rings (SSSR count). The zero-order chi connectivity index (χ0) is 21.0. The van der Waals surface area contributed by atoms with Crippen LogP contribution in [0.4, 0.5) is 16.0 Å². The van der Waals surface area contributed by atoms with E-state index in [1.165, 1.54) is 0 Å². The third-order valence-corrected chi connectivity index (χ3v) is 4.02. The number of benzene rings is 2. The van der Waals surface area contributed by atoms with Gasteiger partial charge in [-0.2, -0.15) is 10.4 Å². The molecule has 2 N–H and O–H groups in total. The van der Waals surface area contributed by atoms with E-state index in [9.17, 15) is 24.6 Å². The summed E-state index contributed by atoms with van der Waals surface area (Å²) >= 11 is 5.63. The minimum absolute atomic E-state index is 0.104. The van der Waals surface area contributed by atoms with Crippen molar-refractivity contribution in [2.75, 3.05) is 5.43 Å². The number of nitro benzene ring substituents is 1. The van der Waals surface area contributed by atoms with Crippen LogP contribution in [-0.4, -0.2) is 21.1 Å². The molecule has 0 aliphatic carbocycles. The maximum absolute atomic E-state index is 13.9. The van der Waals surface area contributed by atoms with Crippen LogP contribution < -0.4 is 11.0 Å². The van der Waals surface area contributed by atoms with Gasteiger partial charge in [0, 0.05) is 23.3 Å². The second kappa shape index (κ2) is 8.28. The van der Waals surface area contributed by atoms with Gasteiger partial charge >= 0.3 is 0 Å². The van der Waals surface area contributed by atoms with Gasteiger partial charge < -0.3 is 0 Å². The maximum atomic E-state index is 13.9. The molecule has 3 aromatic rings. The van der Waals surface area contributed by atoms with E-state index in [-0.39, 0.29) is 27.8 Å². The molecule has 1 heterocycles. The molecule has 29 heavy (non-hydrogen) atoms. The Balaban J connectivity index is 1.93. The molecule has 0 saturated carbocycles. The Bertz CT molecular complexity index is 1220. The van der Waals surface area contributed by atoms with Crippen LogP contribution in [0.1, 0.15) is 11.1 Å². The van der Waals surface area contributed by atoms with Crippen LogP contribution in [0.3, 0.4) is 0 Å². The molecule has 9 nitrogen and oxygen atoms in total. The van der Waals surface area contributed by atoms with Gasteiger partial charge in [-0.05, 0) is 0 Å². The van der Waals surface area contributed by atoms with E-state index in [0.717, 1.165) is 18.3 Å². The molecule has 11 heteroatoms. The number of hydrogen-bond donors (Lipinski definition) is 2. The van der Waals surface area contributed by atoms with Crippen molar-refractivity contribution in [3.63, 3.8) is 0 Å². The van der Waals surface area contributed by atoms with Crippen molar-refractivity contribution in [1.82, 2.24) is 9.97 Å². The summed E-state index contributed by atoms with van der Waals surface area (Å²) in [6.45, 7) is 0. The van der Waals surface area contributed by atoms with Crippen LogP contribution in [0.25, 0.3) is 11.3 Å². The van der Waals surface area contributed by atoms with Crippen LogP contribution in [-0.2, 0) is 0 Å². The topological polar surface area (TPSA) is 137 Å². The van der Waals surface area contributed by atoms with Crippen molar-refractivity contribution >= 4 is 29.5 Å². The van der Waals surface area contributed by atoms with Gasteiger partial charge in [-0.3, -0.25) is 19.9 Å². The van der Waals surface area contributed by atoms with Crippen molar-refractivity contribution in [3.8, 4) is 17.3 Å². The summed E-state index contributed by atoms with van der Waals surface area (Å²) in [5, 5.41) is 23.5. The van der Waals surface area contributed by atoms with Gasteiger partial charge in [0.2, 0.25) is 5.95 Å². The first-order chi connectivity index (χ1) is 13.9. The largest absolute Gasteiger partial charge is 0.290 e. The molecule has 0 amide bonds. The normalized spacial score (nSPS) is 10.7. The SMILES string of the molecule is N#Cc1c(-c2ccccc2)nc(NN=Cc2cc([N+](=O)[O-])c(Cl)cc2F)[nH]c1=O. The van der Waals surface area contributed by atoms with Crippen molar-refractivity contribution in [3.05, 3.63) is 84.9 Å². The highest BCUT2D eigenvalue weighted by molar-refractivity contribution is 6.32. The number of nitriles is 1. The van der Waals surface area contributed by atoms with Gasteiger partial charge in [-0.15, -0.1) is 0 Å². The number of nitrogens with one attached hydrogen (secondary N) is 2. The zero-order valence-corrected chi connectivity index (χ0v) is 15.1. The fraction of sp³-hybridized carbons (Fsp3) is 0. The van der Waals surface area contributed by atoms with Crippen molar-refractivity contribution in [2.45, 2.75) is 0 Å². The molecule has 0 atom stereocenters. The van der Waals surface area contributed by atoms with E-state index >= 15 is 0 Å². The second-order valence-electron chi connectivity index (χ2n) is 5.57. The van der Waals surface area contributed by atoms with Gasteiger partial charge in [0.15, 0.2) is 0 Å². The van der Waals surface area contributed by atoms with E-state index < -0.39 is 22.0 Å². The number of aromatic nitrogens is 2. The molecular weight excluding hydrogens is 403 g/mol.